The van der Waals surface area contributed by atoms with Gasteiger partial charge in [0.15, 0.2) is 17.0 Å². The van der Waals surface area contributed by atoms with Gasteiger partial charge >= 0.3 is 27.9 Å². The molecule has 0 aliphatic carbocycles. The monoisotopic (exact) mass is 1770 g/mol. The Morgan fingerprint density at radius 1 is 0.176 bits per heavy atom. The summed E-state index contributed by atoms with van der Waals surface area (Å²) in [6, 6.07) is 156. The predicted octanol–water partition coefficient (Wildman–Crippen LogP) is 28.7. The van der Waals surface area contributed by atoms with Crippen LogP contribution in [0.5, 0.6) is 0 Å². The minimum absolute atomic E-state index is 0.00214. The summed E-state index contributed by atoms with van der Waals surface area (Å²) < 4.78 is 18.1. The van der Waals surface area contributed by atoms with E-state index >= 15 is 0 Å². The predicted molar refractivity (Wildman–Crippen MR) is 574 cm³/mol. The topological polar surface area (TPSA) is 78.0 Å². The summed E-state index contributed by atoms with van der Waals surface area (Å²) in [5.41, 5.74) is 35.9. The van der Waals surface area contributed by atoms with Gasteiger partial charge in [0.25, 0.3) is 0 Å². The van der Waals surface area contributed by atoms with Crippen LogP contribution in [0.15, 0.2) is 458 Å². The molecule has 0 saturated carbocycles. The highest BCUT2D eigenvalue weighted by Crippen LogP contribution is 2.59. The number of anilines is 16. The summed E-state index contributed by atoms with van der Waals surface area (Å²) in [6.07, 6.45) is 3.86. The molecule has 0 bridgehead atoms. The highest BCUT2D eigenvalue weighted by Gasteiger charge is 2.54. The summed E-state index contributed by atoms with van der Waals surface area (Å²) in [7, 11) is 0. The van der Waals surface area contributed by atoms with Crippen LogP contribution in [0.25, 0.3) is 129 Å². The van der Waals surface area contributed by atoms with Crippen LogP contribution in [0, 0.1) is 0 Å². The first-order valence-electron chi connectivity index (χ1n) is 46.4. The van der Waals surface area contributed by atoms with Crippen LogP contribution in [0.4, 0.5) is 91.3 Å². The first-order chi connectivity index (χ1) is 67.6. The largest absolute Gasteiger partial charge is 0.454 e. The van der Waals surface area contributed by atoms with Crippen molar-refractivity contribution in [2.45, 2.75) is 0 Å². The molecule has 632 valence electrons. The molecular weight excluding hydrogens is 1700 g/mol. The summed E-state index contributed by atoms with van der Waals surface area (Å²) in [5, 5.41) is 9.73. The average molecular weight is 1770 g/mol. The molecule has 32 rings (SSSR count). The van der Waals surface area contributed by atoms with Gasteiger partial charge in [-0.3, -0.25) is 0 Å². The smallest absolute Gasteiger partial charge is 0.422 e. The Hall–Kier alpha value is -17.0. The fourth-order valence-electron chi connectivity index (χ4n) is 23.1. The van der Waals surface area contributed by atoms with Gasteiger partial charge in [-0.05, 0) is 165 Å². The first kappa shape index (κ1) is 76.6. The lowest BCUT2D eigenvalue weighted by molar-refractivity contribution is 0.667. The van der Waals surface area contributed by atoms with Gasteiger partial charge in [0, 0.05) is 116 Å². The van der Waals surface area contributed by atoms with Crippen molar-refractivity contribution in [3.63, 3.8) is 0 Å². The van der Waals surface area contributed by atoms with Gasteiger partial charge in [-0.15, -0.1) is 22.7 Å². The maximum atomic E-state index is 6.49. The van der Waals surface area contributed by atoms with Crippen molar-refractivity contribution in [1.29, 1.82) is 0 Å². The second-order valence-corrected chi connectivity index (χ2v) is 37.7. The first-order valence-corrected chi connectivity index (χ1v) is 48.0. The Bertz CT molecular complexity index is 8070. The van der Waals surface area contributed by atoms with E-state index < -0.39 is 0 Å². The Labute approximate surface area is 793 Å². The average Bonchev–Trinajstić information content (AvgIpc) is 1.55. The van der Waals surface area contributed by atoms with E-state index in [-0.39, 0.29) is 27.9 Å². The number of fused-ring (bicyclic) bond motifs is 44. The number of rotatable bonds is 4. The molecule has 6 aromatic heterocycles. The van der Waals surface area contributed by atoms with Crippen LogP contribution in [0.1, 0.15) is 0 Å². The van der Waals surface area contributed by atoms with E-state index in [0.717, 1.165) is 66.9 Å². The zero-order valence-electron chi connectivity index (χ0n) is 73.1. The molecule has 0 unspecified atom stereocenters. The van der Waals surface area contributed by atoms with Crippen LogP contribution in [0.3, 0.4) is 0 Å². The number of thiophene rings is 2. The van der Waals surface area contributed by atoms with Gasteiger partial charge in [-0.1, -0.05) is 315 Å². The van der Waals surface area contributed by atoms with E-state index in [2.05, 4.69) is 457 Å². The van der Waals surface area contributed by atoms with Gasteiger partial charge < -0.3 is 47.3 Å². The Kier molecular flexibility index (Phi) is 17.0. The minimum atomic E-state index is -0.0604. The molecule has 0 amide bonds. The Morgan fingerprint density at radius 2 is 0.434 bits per heavy atom. The van der Waals surface area contributed by atoms with E-state index in [9.17, 15) is 0 Å². The second-order valence-electron chi connectivity index (χ2n) is 35.6. The van der Waals surface area contributed by atoms with Crippen molar-refractivity contribution in [2.75, 3.05) is 38.5 Å². The van der Waals surface area contributed by atoms with E-state index in [1.165, 1.54) is 175 Å². The number of nitrogens with zero attached hydrogens (tertiary/aromatic N) is 10. The van der Waals surface area contributed by atoms with Gasteiger partial charge in [-0.25, -0.2) is 9.97 Å². The van der Waals surface area contributed by atoms with Gasteiger partial charge in [0.05, 0.1) is 60.6 Å². The second kappa shape index (κ2) is 30.3. The van der Waals surface area contributed by atoms with Crippen molar-refractivity contribution < 1.29 is 8.83 Å². The van der Waals surface area contributed by atoms with Crippen LogP contribution < -0.4 is 60.3 Å². The zero-order valence-corrected chi connectivity index (χ0v) is 74.8. The minimum Gasteiger partial charge on any atom is -0.454 e. The van der Waals surface area contributed by atoms with Crippen LogP contribution in [-0.2, 0) is 0 Å². The van der Waals surface area contributed by atoms with Crippen LogP contribution in [0.2, 0.25) is 0 Å². The molecule has 136 heavy (non-hydrogen) atoms. The number of hydrogen-bond acceptors (Lipinski definition) is 14. The standard InChI is InChI=1S/C30H19BN2O.C30H19BN2S.C29H18BN3O.C29H18BN3S/c2*1-4-14-24-20(10-1)21-11-2-5-15-25(21)32-26-16-6-7-17-27(26)33(31(24)32)28-18-9-13-23-22-12-3-8-19-29(22)34-30(23)28;2*1-4-12-23-19(9-1)20-10-2-5-13-24(20)32-25-14-6-7-15-26(25)33(30(23)32)29-28-22(17-18-31-29)21-11-3-8-16-27(21)34-28/h2*1-19H;2*1-18H. The van der Waals surface area contributed by atoms with Crippen molar-refractivity contribution in [1.82, 2.24) is 9.97 Å². The van der Waals surface area contributed by atoms with Crippen molar-refractivity contribution >= 4 is 248 Å². The normalized spacial score (nSPS) is 13.7. The van der Waals surface area contributed by atoms with Crippen molar-refractivity contribution in [3.8, 4) is 44.5 Å². The molecule has 0 radical (unpaired) electrons. The third-order valence-corrected chi connectivity index (χ3v) is 31.0. The van der Waals surface area contributed by atoms with Crippen LogP contribution >= 0.6 is 22.7 Å². The number of benzene rings is 18. The molecule has 18 heteroatoms. The highest BCUT2D eigenvalue weighted by molar-refractivity contribution is 7.27. The maximum absolute atomic E-state index is 6.49. The molecule has 8 aliphatic rings. The lowest BCUT2D eigenvalue weighted by atomic mass is 9.59. The molecule has 0 saturated heterocycles. The summed E-state index contributed by atoms with van der Waals surface area (Å²) >= 11 is 3.73. The fraction of sp³-hybridized carbons (Fsp3) is 0. The number of hydrogen-bond donors (Lipinski definition) is 0. The van der Waals surface area contributed by atoms with Gasteiger partial charge in [-0.2, -0.15) is 0 Å². The lowest BCUT2D eigenvalue weighted by Gasteiger charge is -2.36. The third kappa shape index (κ3) is 11.2. The third-order valence-electron chi connectivity index (χ3n) is 28.6. The van der Waals surface area contributed by atoms with Gasteiger partial charge in [0.2, 0.25) is 0 Å². The number of para-hydroxylation sites is 15. The van der Waals surface area contributed by atoms with E-state index in [1.54, 1.807) is 0 Å². The molecule has 24 aromatic rings. The fourth-order valence-corrected chi connectivity index (χ4v) is 25.5. The number of furan rings is 2. The van der Waals surface area contributed by atoms with Crippen molar-refractivity contribution in [3.05, 3.63) is 449 Å². The molecule has 18 aromatic carbocycles. The van der Waals surface area contributed by atoms with E-state index in [1.807, 2.05) is 53.3 Å². The Balaban J connectivity index is 0.0000000879. The molecule has 14 heterocycles. The zero-order chi connectivity index (χ0) is 88.9. The van der Waals surface area contributed by atoms with E-state index in [4.69, 9.17) is 18.8 Å². The quantitative estimate of drug-likeness (QED) is 0.158. The molecule has 0 fully saturated rings. The summed E-state index contributed by atoms with van der Waals surface area (Å²) in [5.74, 6) is 1.86. The molecule has 0 atom stereocenters. The van der Waals surface area contributed by atoms with E-state index in [0.29, 0.717) is 0 Å². The maximum Gasteiger partial charge on any atom is 0.422 e. The Morgan fingerprint density at radius 3 is 0.860 bits per heavy atom. The number of pyridine rings is 2. The highest BCUT2D eigenvalue weighted by atomic mass is 32.1. The SMILES string of the molecule is c1ccc2c(c1)B1N(c3ccccc3-2)c2ccccc2N1c1cccc2c1oc1ccccc12.c1ccc2c(c1)B1N(c3ccccc3-2)c2ccccc2N1c1cccc2c1sc1ccccc12.c1ccc2c(c1)B1N(c3ccccc3-2)c2ccccc2N1c1nccc2c1oc1ccccc12.c1ccc2c(c1)B1N(c3ccccc3-2)c2ccccc2N1c1nccc2c1sc1ccccc12. The summed E-state index contributed by atoms with van der Waals surface area (Å²) in [6.45, 7) is 0.0169. The molecular formula is C118H74B4N10O2S2. The molecule has 0 spiro atoms. The number of aromatic nitrogens is 2. The molecule has 12 nitrogen and oxygen atoms in total. The molecule has 0 N–H and O–H groups in total. The lowest BCUT2D eigenvalue weighted by Crippen LogP contribution is -2.55. The van der Waals surface area contributed by atoms with Crippen molar-refractivity contribution in [2.24, 2.45) is 0 Å². The van der Waals surface area contributed by atoms with Gasteiger partial charge in [0.1, 0.15) is 17.0 Å². The van der Waals surface area contributed by atoms with Crippen LogP contribution in [-0.4, -0.2) is 37.9 Å². The molecule has 8 aliphatic heterocycles. The summed E-state index contributed by atoms with van der Waals surface area (Å²) in [4.78, 5) is 29.7.